The van der Waals surface area contributed by atoms with Gasteiger partial charge in [-0.15, -0.1) is 0 Å². The molecule has 2 rings (SSSR count). The van der Waals surface area contributed by atoms with E-state index in [2.05, 4.69) is 10.6 Å². The lowest BCUT2D eigenvalue weighted by molar-refractivity contribution is 0.0951. The van der Waals surface area contributed by atoms with Gasteiger partial charge in [0.1, 0.15) is 11.6 Å². The first-order chi connectivity index (χ1) is 10.2. The summed E-state index contributed by atoms with van der Waals surface area (Å²) in [5, 5.41) is 5.47. The first-order valence-electron chi connectivity index (χ1n) is 6.53. The topological polar surface area (TPSA) is 50.4 Å². The molecule has 1 amide bonds. The van der Waals surface area contributed by atoms with Crippen molar-refractivity contribution in [2.24, 2.45) is 0 Å². The summed E-state index contributed by atoms with van der Waals surface area (Å²) in [4.78, 5) is 12.2. The number of hydrogen-bond donors (Lipinski definition) is 2. The summed E-state index contributed by atoms with van der Waals surface area (Å²) in [7, 11) is 3.15. The Kier molecular flexibility index (Phi) is 4.77. The van der Waals surface area contributed by atoms with Crippen LogP contribution in [0.1, 0.15) is 15.9 Å². The average Bonchev–Trinajstić information content (AvgIpc) is 2.52. The van der Waals surface area contributed by atoms with Gasteiger partial charge in [0.05, 0.1) is 18.4 Å². The van der Waals surface area contributed by atoms with Crippen molar-refractivity contribution in [2.45, 2.75) is 6.54 Å². The summed E-state index contributed by atoms with van der Waals surface area (Å²) in [6.45, 7) is 0.308. The third-order valence-corrected chi connectivity index (χ3v) is 3.14. The van der Waals surface area contributed by atoms with Crippen LogP contribution in [0.3, 0.4) is 0 Å². The zero-order valence-electron chi connectivity index (χ0n) is 11.9. The Morgan fingerprint density at radius 1 is 1.19 bits per heavy atom. The molecule has 21 heavy (non-hydrogen) atoms. The fourth-order valence-corrected chi connectivity index (χ4v) is 2.09. The maximum absolute atomic E-state index is 13.6. The Bertz CT molecular complexity index is 644. The molecular weight excluding hydrogens is 271 g/mol. The lowest BCUT2D eigenvalue weighted by Crippen LogP contribution is -2.24. The van der Waals surface area contributed by atoms with Crippen molar-refractivity contribution >= 4 is 11.6 Å². The van der Waals surface area contributed by atoms with Crippen LogP contribution in [-0.4, -0.2) is 20.1 Å². The van der Waals surface area contributed by atoms with E-state index < -0.39 is 5.82 Å². The Labute approximate surface area is 122 Å². The monoisotopic (exact) mass is 288 g/mol. The number of carbonyl (C=O) groups excluding carboxylic acids is 1. The number of para-hydroxylation sites is 2. The number of amides is 1. The van der Waals surface area contributed by atoms with Gasteiger partial charge in [-0.25, -0.2) is 4.39 Å². The fourth-order valence-electron chi connectivity index (χ4n) is 2.09. The molecule has 4 nitrogen and oxygen atoms in total. The van der Waals surface area contributed by atoms with Crippen LogP contribution in [0.2, 0.25) is 0 Å². The zero-order chi connectivity index (χ0) is 15.2. The smallest absolute Gasteiger partial charge is 0.253 e. The molecule has 0 saturated heterocycles. The number of rotatable bonds is 5. The molecule has 5 heteroatoms. The molecule has 2 aromatic rings. The van der Waals surface area contributed by atoms with Crippen molar-refractivity contribution in [3.05, 3.63) is 59.4 Å². The second kappa shape index (κ2) is 6.74. The molecular formula is C16H17FN2O2. The molecule has 2 N–H and O–H groups in total. The van der Waals surface area contributed by atoms with E-state index >= 15 is 0 Å². The molecule has 0 spiro atoms. The molecule has 0 unspecified atom stereocenters. The van der Waals surface area contributed by atoms with E-state index in [0.717, 1.165) is 5.56 Å². The number of methoxy groups -OCH3 is 1. The van der Waals surface area contributed by atoms with Crippen LogP contribution in [0.15, 0.2) is 42.5 Å². The fraction of sp³-hybridized carbons (Fsp3) is 0.188. The van der Waals surface area contributed by atoms with Crippen LogP contribution < -0.4 is 15.4 Å². The highest BCUT2D eigenvalue weighted by atomic mass is 19.1. The number of anilines is 1. The minimum absolute atomic E-state index is 0.190. The van der Waals surface area contributed by atoms with E-state index in [0.29, 0.717) is 12.3 Å². The van der Waals surface area contributed by atoms with E-state index in [1.165, 1.54) is 12.1 Å². The summed E-state index contributed by atoms with van der Waals surface area (Å²) in [6.07, 6.45) is 0. The molecule has 0 aromatic heterocycles. The van der Waals surface area contributed by atoms with E-state index in [4.69, 9.17) is 4.74 Å². The third-order valence-electron chi connectivity index (χ3n) is 3.14. The van der Waals surface area contributed by atoms with Gasteiger partial charge in [-0.2, -0.15) is 0 Å². The first kappa shape index (κ1) is 14.8. The maximum atomic E-state index is 13.6. The number of carbonyl (C=O) groups is 1. The summed E-state index contributed by atoms with van der Waals surface area (Å²) in [5.74, 6) is -0.0990. The SMILES string of the molecule is CNc1c(F)cccc1C(=O)NCc1ccccc1OC. The number of hydrogen-bond acceptors (Lipinski definition) is 3. The van der Waals surface area contributed by atoms with Crippen LogP contribution in [0.25, 0.3) is 0 Å². The van der Waals surface area contributed by atoms with E-state index in [1.807, 2.05) is 24.3 Å². The van der Waals surface area contributed by atoms with Crippen molar-refractivity contribution in [3.8, 4) is 5.75 Å². The Hall–Kier alpha value is -2.56. The van der Waals surface area contributed by atoms with Crippen molar-refractivity contribution in [1.29, 1.82) is 0 Å². The molecule has 0 atom stereocenters. The Morgan fingerprint density at radius 3 is 2.67 bits per heavy atom. The van der Waals surface area contributed by atoms with Crippen LogP contribution in [0, 0.1) is 5.82 Å². The maximum Gasteiger partial charge on any atom is 0.253 e. The standard InChI is InChI=1S/C16H17FN2O2/c1-18-15-12(7-5-8-13(15)17)16(20)19-10-11-6-3-4-9-14(11)21-2/h3-9,18H,10H2,1-2H3,(H,19,20). The van der Waals surface area contributed by atoms with Crippen molar-refractivity contribution < 1.29 is 13.9 Å². The van der Waals surface area contributed by atoms with Crippen LogP contribution in [0.4, 0.5) is 10.1 Å². The molecule has 2 aromatic carbocycles. The summed E-state index contributed by atoms with van der Waals surface area (Å²) < 4.78 is 18.9. The number of ether oxygens (including phenoxy) is 1. The Balaban J connectivity index is 2.14. The van der Waals surface area contributed by atoms with Crippen LogP contribution >= 0.6 is 0 Å². The van der Waals surface area contributed by atoms with Gasteiger partial charge >= 0.3 is 0 Å². The van der Waals surface area contributed by atoms with Crippen LogP contribution in [0.5, 0.6) is 5.75 Å². The normalized spacial score (nSPS) is 10.0. The molecule has 0 radical (unpaired) electrons. The van der Waals surface area contributed by atoms with Gasteiger partial charge in [-0.1, -0.05) is 24.3 Å². The molecule has 0 aliphatic carbocycles. The third kappa shape index (κ3) is 3.31. The zero-order valence-corrected chi connectivity index (χ0v) is 11.9. The van der Waals surface area contributed by atoms with Crippen molar-refractivity contribution in [3.63, 3.8) is 0 Å². The minimum atomic E-state index is -0.456. The predicted molar refractivity (Wildman–Crippen MR) is 80.1 cm³/mol. The quantitative estimate of drug-likeness (QED) is 0.889. The van der Waals surface area contributed by atoms with Gasteiger partial charge in [-0.3, -0.25) is 4.79 Å². The molecule has 0 heterocycles. The van der Waals surface area contributed by atoms with Gasteiger partial charge in [0, 0.05) is 19.2 Å². The van der Waals surface area contributed by atoms with Crippen molar-refractivity contribution in [2.75, 3.05) is 19.5 Å². The van der Waals surface area contributed by atoms with Gasteiger partial charge in [-0.05, 0) is 18.2 Å². The van der Waals surface area contributed by atoms with Gasteiger partial charge in [0.25, 0.3) is 5.91 Å². The summed E-state index contributed by atoms with van der Waals surface area (Å²) in [6, 6.07) is 11.8. The van der Waals surface area contributed by atoms with Crippen LogP contribution in [-0.2, 0) is 6.54 Å². The highest BCUT2D eigenvalue weighted by molar-refractivity contribution is 5.99. The second-order valence-corrected chi connectivity index (χ2v) is 4.41. The van der Waals surface area contributed by atoms with E-state index in [1.54, 1.807) is 20.2 Å². The highest BCUT2D eigenvalue weighted by Crippen LogP contribution is 2.20. The second-order valence-electron chi connectivity index (χ2n) is 4.41. The largest absolute Gasteiger partial charge is 0.496 e. The van der Waals surface area contributed by atoms with E-state index in [9.17, 15) is 9.18 Å². The van der Waals surface area contributed by atoms with Gasteiger partial charge < -0.3 is 15.4 Å². The summed E-state index contributed by atoms with van der Waals surface area (Å²) >= 11 is 0. The number of nitrogens with one attached hydrogen (secondary N) is 2. The predicted octanol–water partition coefficient (Wildman–Crippen LogP) is 2.81. The number of halogens is 1. The lowest BCUT2D eigenvalue weighted by Gasteiger charge is -2.12. The van der Waals surface area contributed by atoms with E-state index in [-0.39, 0.29) is 17.2 Å². The van der Waals surface area contributed by atoms with Crippen molar-refractivity contribution in [1.82, 2.24) is 5.32 Å². The molecule has 0 aliphatic rings. The molecule has 0 saturated carbocycles. The number of benzene rings is 2. The molecule has 0 fully saturated rings. The molecule has 110 valence electrons. The van der Waals surface area contributed by atoms with Gasteiger partial charge in [0.2, 0.25) is 0 Å². The highest BCUT2D eigenvalue weighted by Gasteiger charge is 2.14. The average molecular weight is 288 g/mol. The molecule has 0 aliphatic heterocycles. The first-order valence-corrected chi connectivity index (χ1v) is 6.53. The van der Waals surface area contributed by atoms with Gasteiger partial charge in [0.15, 0.2) is 0 Å². The summed E-state index contributed by atoms with van der Waals surface area (Å²) in [5.41, 5.74) is 1.32. The Morgan fingerprint density at radius 2 is 1.95 bits per heavy atom. The minimum Gasteiger partial charge on any atom is -0.496 e. The molecule has 0 bridgehead atoms. The lowest BCUT2D eigenvalue weighted by atomic mass is 10.1.